The Balaban J connectivity index is 1.48. The van der Waals surface area contributed by atoms with E-state index in [0.29, 0.717) is 0 Å². The third-order valence-electron chi connectivity index (χ3n) is 10.7. The van der Waals surface area contributed by atoms with E-state index in [-0.39, 0.29) is 6.61 Å². The number of ether oxygens (including phenoxy) is 10. The fourth-order valence-corrected chi connectivity index (χ4v) is 7.23. The lowest BCUT2D eigenvalue weighted by atomic mass is 9.94. The van der Waals surface area contributed by atoms with Crippen molar-refractivity contribution in [1.82, 2.24) is 0 Å². The molecule has 17 unspecified atom stereocenters. The van der Waals surface area contributed by atoms with Crippen molar-refractivity contribution in [2.45, 2.75) is 167 Å². The molecule has 0 radical (unpaired) electrons. The van der Waals surface area contributed by atoms with Gasteiger partial charge in [-0.3, -0.25) is 0 Å². The lowest BCUT2D eigenvalue weighted by Crippen LogP contribution is -2.70. The second kappa shape index (κ2) is 20.1. The van der Waals surface area contributed by atoms with Gasteiger partial charge < -0.3 is 119 Å². The van der Waals surface area contributed by atoms with Gasteiger partial charge in [0.15, 0.2) is 31.5 Å². The minimum absolute atomic E-state index is 0.115. The first-order chi connectivity index (χ1) is 27.0. The molecule has 0 aromatic carbocycles. The van der Waals surface area contributed by atoms with E-state index in [1.54, 1.807) is 0 Å². The van der Waals surface area contributed by atoms with Gasteiger partial charge in [0.1, 0.15) is 104 Å². The molecule has 24 nitrogen and oxygen atoms in total. The van der Waals surface area contributed by atoms with Gasteiger partial charge in [0, 0.05) is 0 Å². The molecule has 5 saturated heterocycles. The van der Waals surface area contributed by atoms with Crippen LogP contribution in [0, 0.1) is 0 Å². The van der Waals surface area contributed by atoms with Gasteiger partial charge >= 0.3 is 0 Å². The van der Waals surface area contributed by atoms with Gasteiger partial charge in [0.2, 0.25) is 0 Å². The van der Waals surface area contributed by atoms with Crippen LogP contribution in [-0.4, -0.2) is 246 Å². The molecule has 0 amide bonds. The van der Waals surface area contributed by atoms with Gasteiger partial charge in [-0.2, -0.15) is 0 Å². The second-order valence-corrected chi connectivity index (χ2v) is 14.6. The monoisotopic (exact) mass is 835 g/mol. The molecule has 24 heteroatoms. The van der Waals surface area contributed by atoms with Gasteiger partial charge in [-0.25, -0.2) is 0 Å². The Kier molecular flexibility index (Phi) is 16.5. The minimum Gasteiger partial charge on any atom is -0.394 e. The zero-order chi connectivity index (χ0) is 42.0. The van der Waals surface area contributed by atoms with Crippen molar-refractivity contribution in [3.8, 4) is 0 Å². The van der Waals surface area contributed by atoms with Gasteiger partial charge in [0.25, 0.3) is 0 Å². The molecular formula is C33H57NO23. The van der Waals surface area contributed by atoms with E-state index in [1.807, 2.05) is 0 Å². The molecule has 5 aliphatic rings. The Bertz CT molecular complexity index is 1260. The van der Waals surface area contributed by atoms with Crippen molar-refractivity contribution in [3.63, 3.8) is 0 Å². The van der Waals surface area contributed by atoms with Crippen molar-refractivity contribution in [2.24, 2.45) is 5.73 Å². The van der Waals surface area contributed by atoms with Gasteiger partial charge in [0.05, 0.1) is 44.7 Å². The van der Waals surface area contributed by atoms with Crippen LogP contribution in [0.3, 0.4) is 0 Å². The molecule has 0 aromatic heterocycles. The van der Waals surface area contributed by atoms with Gasteiger partial charge in [-0.15, -0.1) is 6.58 Å². The maximum Gasteiger partial charge on any atom is 0.187 e. The van der Waals surface area contributed by atoms with Crippen molar-refractivity contribution >= 4 is 0 Å². The molecule has 5 heterocycles. The number of hydrogen-bond acceptors (Lipinski definition) is 24. The first-order valence-corrected chi connectivity index (χ1v) is 18.5. The highest BCUT2D eigenvalue weighted by molar-refractivity contribution is 5.00. The van der Waals surface area contributed by atoms with Crippen LogP contribution in [-0.2, 0) is 47.4 Å². The van der Waals surface area contributed by atoms with Crippen LogP contribution < -0.4 is 5.73 Å². The van der Waals surface area contributed by atoms with Crippen molar-refractivity contribution in [3.05, 3.63) is 12.7 Å². The summed E-state index contributed by atoms with van der Waals surface area (Å²) < 4.78 is 57.8. The summed E-state index contributed by atoms with van der Waals surface area (Å²) in [5.74, 6) is 0. The lowest BCUT2D eigenvalue weighted by molar-refractivity contribution is -0.397. The minimum atomic E-state index is -1.97. The molecule has 0 aliphatic carbocycles. The molecule has 0 saturated carbocycles. The van der Waals surface area contributed by atoms with Crippen LogP contribution in [0.15, 0.2) is 12.7 Å². The van der Waals surface area contributed by atoms with Crippen LogP contribution >= 0.6 is 0 Å². The zero-order valence-corrected chi connectivity index (χ0v) is 31.0. The SMILES string of the molecule is C=CCOC1OC(CO)[C@H](O)C(OC2OC(CO)[C@@H](O[C@@H]3OC(CO)[C@H](O)C(O)C3O[C@@H]3OC(C)[C@@H](O)C(O)C3O)C(O[C@@H]3OC(C)[C@@H](O)C(O)C3O)C2N)C1O. The largest absolute Gasteiger partial charge is 0.394 e. The summed E-state index contributed by atoms with van der Waals surface area (Å²) in [5, 5.41) is 138. The highest BCUT2D eigenvalue weighted by Crippen LogP contribution is 2.36. The molecule has 25 atom stereocenters. The van der Waals surface area contributed by atoms with Crippen molar-refractivity contribution in [1.29, 1.82) is 0 Å². The number of hydrogen-bond donors (Lipinski definition) is 14. The van der Waals surface area contributed by atoms with Crippen LogP contribution in [0.4, 0.5) is 0 Å². The second-order valence-electron chi connectivity index (χ2n) is 14.6. The lowest BCUT2D eigenvalue weighted by Gasteiger charge is -2.51. The average molecular weight is 836 g/mol. The predicted molar refractivity (Wildman–Crippen MR) is 180 cm³/mol. The van der Waals surface area contributed by atoms with Crippen LogP contribution in [0.5, 0.6) is 0 Å². The van der Waals surface area contributed by atoms with E-state index in [4.69, 9.17) is 53.1 Å². The van der Waals surface area contributed by atoms with E-state index in [2.05, 4.69) is 6.58 Å². The topological polar surface area (TPSA) is 381 Å². The summed E-state index contributed by atoms with van der Waals surface area (Å²) in [6.07, 6.45) is -38.6. The summed E-state index contributed by atoms with van der Waals surface area (Å²) in [6, 6.07) is -1.62. The summed E-state index contributed by atoms with van der Waals surface area (Å²) in [4.78, 5) is 0. The number of rotatable bonds is 14. The predicted octanol–water partition coefficient (Wildman–Crippen LogP) is -8.69. The standard InChI is InChI=1S/C33H57NO23/c1-4-5-48-30-24(47)27(18(41)12(7-36)51-30)56-29-14(34)26(55-31-22(45)19(42)15(38)9(2)49-31)25(13(8-37)53-29)54-33-28(21(44)17(40)11(6-35)52-33)57-32-23(46)20(43)16(39)10(3)50-32/h4,9-33,35-47H,1,5-8,34H2,2-3H3/t9?,10?,11?,12?,13?,14?,15-,16-,17+,18+,19?,20?,21?,22?,23?,24?,25-,26?,27?,28?,29?,30?,31+,32+,33+/m1/s1. The molecule has 5 fully saturated rings. The molecule has 0 spiro atoms. The molecule has 15 N–H and O–H groups in total. The Morgan fingerprint density at radius 2 is 0.912 bits per heavy atom. The van der Waals surface area contributed by atoms with Gasteiger partial charge in [-0.05, 0) is 13.8 Å². The summed E-state index contributed by atoms with van der Waals surface area (Å²) >= 11 is 0. The Labute approximate surface area is 325 Å². The van der Waals surface area contributed by atoms with Crippen molar-refractivity contribution < 1.29 is 114 Å². The third-order valence-corrected chi connectivity index (χ3v) is 10.7. The van der Waals surface area contributed by atoms with Gasteiger partial charge in [-0.1, -0.05) is 6.08 Å². The highest BCUT2D eigenvalue weighted by atomic mass is 16.8. The normalized spacial score (nSPS) is 52.4. The number of aliphatic hydroxyl groups excluding tert-OH is 13. The van der Waals surface area contributed by atoms with Crippen LogP contribution in [0.25, 0.3) is 0 Å². The van der Waals surface area contributed by atoms with Crippen LogP contribution in [0.2, 0.25) is 0 Å². The zero-order valence-electron chi connectivity index (χ0n) is 31.0. The summed E-state index contributed by atoms with van der Waals surface area (Å²) in [5.41, 5.74) is 6.65. The molecule has 332 valence electrons. The average Bonchev–Trinajstić information content (AvgIpc) is 3.19. The number of nitrogens with two attached hydrogens (primary N) is 1. The fourth-order valence-electron chi connectivity index (χ4n) is 7.23. The van der Waals surface area contributed by atoms with Crippen LogP contribution in [0.1, 0.15) is 13.8 Å². The Morgan fingerprint density at radius 3 is 1.44 bits per heavy atom. The molecule has 57 heavy (non-hydrogen) atoms. The summed E-state index contributed by atoms with van der Waals surface area (Å²) in [7, 11) is 0. The first-order valence-electron chi connectivity index (χ1n) is 18.5. The van der Waals surface area contributed by atoms with E-state index in [0.717, 1.165) is 0 Å². The Hall–Kier alpha value is -1.22. The quantitative estimate of drug-likeness (QED) is 0.0722. The highest BCUT2D eigenvalue weighted by Gasteiger charge is 2.57. The smallest absolute Gasteiger partial charge is 0.187 e. The molecular weight excluding hydrogens is 778 g/mol. The van der Waals surface area contributed by atoms with E-state index < -0.39 is 173 Å². The number of aliphatic hydroxyl groups is 13. The van der Waals surface area contributed by atoms with Crippen molar-refractivity contribution in [2.75, 3.05) is 26.4 Å². The molecule has 5 rings (SSSR count). The summed E-state index contributed by atoms with van der Waals surface area (Å²) in [6.45, 7) is 3.57. The van der Waals surface area contributed by atoms with E-state index in [1.165, 1.54) is 19.9 Å². The Morgan fingerprint density at radius 1 is 0.456 bits per heavy atom. The third kappa shape index (κ3) is 9.80. The molecule has 0 aromatic rings. The van der Waals surface area contributed by atoms with E-state index in [9.17, 15) is 66.4 Å². The maximum absolute atomic E-state index is 11.2. The van der Waals surface area contributed by atoms with E-state index >= 15 is 0 Å². The maximum atomic E-state index is 11.2. The molecule has 0 bridgehead atoms. The fraction of sp³-hybridized carbons (Fsp3) is 0.939. The molecule has 5 aliphatic heterocycles. The first kappa shape index (κ1) is 46.8.